The van der Waals surface area contributed by atoms with Crippen LogP contribution in [0.25, 0.3) is 0 Å². The van der Waals surface area contributed by atoms with Crippen molar-refractivity contribution in [2.75, 3.05) is 18.5 Å². The lowest BCUT2D eigenvalue weighted by Crippen LogP contribution is -2.61. The van der Waals surface area contributed by atoms with Gasteiger partial charge in [-0.2, -0.15) is 0 Å². The van der Waals surface area contributed by atoms with Gasteiger partial charge >= 0.3 is 0 Å². The Bertz CT molecular complexity index is 1420. The van der Waals surface area contributed by atoms with E-state index in [9.17, 15) is 19.8 Å². The molecule has 6 rings (SSSR count). The van der Waals surface area contributed by atoms with E-state index in [4.69, 9.17) is 27.9 Å². The molecule has 1 aliphatic carbocycles. The van der Waals surface area contributed by atoms with E-state index in [0.717, 1.165) is 12.8 Å². The van der Waals surface area contributed by atoms with Gasteiger partial charge in [-0.25, -0.2) is 9.37 Å². The molecule has 9 nitrogen and oxygen atoms in total. The molecular formula is C30H35Cl2FN4O5. The van der Waals surface area contributed by atoms with Gasteiger partial charge in [0, 0.05) is 34.8 Å². The van der Waals surface area contributed by atoms with Crippen LogP contribution in [0.3, 0.4) is 0 Å². The molecule has 12 heteroatoms. The van der Waals surface area contributed by atoms with Crippen molar-refractivity contribution in [2.24, 2.45) is 5.41 Å². The van der Waals surface area contributed by atoms with Crippen LogP contribution in [0.5, 0.6) is 0 Å². The maximum absolute atomic E-state index is 16.0. The Kier molecular flexibility index (Phi) is 7.35. The molecule has 1 aromatic carbocycles. The summed E-state index contributed by atoms with van der Waals surface area (Å²) in [5, 5.41) is 29.5. The van der Waals surface area contributed by atoms with Crippen molar-refractivity contribution >= 4 is 40.7 Å². The molecule has 226 valence electrons. The number of amides is 2. The number of carbonyl (C=O) groups excluding carboxylic acids is 2. The normalized spacial score (nSPS) is 33.0. The first-order valence-electron chi connectivity index (χ1n) is 14.3. The highest BCUT2D eigenvalue weighted by Gasteiger charge is 2.73. The van der Waals surface area contributed by atoms with Crippen molar-refractivity contribution in [1.29, 1.82) is 0 Å². The molecule has 2 spiro atoms. The average molecular weight is 622 g/mol. The van der Waals surface area contributed by atoms with Crippen LogP contribution in [0.2, 0.25) is 10.2 Å². The van der Waals surface area contributed by atoms with E-state index in [1.54, 1.807) is 18.2 Å². The second kappa shape index (κ2) is 10.4. The molecule has 0 radical (unpaired) electrons. The van der Waals surface area contributed by atoms with Gasteiger partial charge in [0.05, 0.1) is 25.3 Å². The highest BCUT2D eigenvalue weighted by atomic mass is 35.5. The second-order valence-electron chi connectivity index (χ2n) is 13.0. The molecule has 0 bridgehead atoms. The summed E-state index contributed by atoms with van der Waals surface area (Å²) < 4.78 is 21.4. The zero-order chi connectivity index (χ0) is 30.1. The molecule has 4 heterocycles. The standard InChI is InChI=1S/C30H35Cl2FN4O5/c1-27(2)8-10-28(11-9-27)30(19-4-3-16(31)13-20(19)36-26(30)40)21(18-6-12-34-24(32)22(18)33)23(37-28)25(39)35-17-5-7-29(41,15-38)42-14-17/h3-4,6,12-13,17,21,23,37-38,41H,5,7-11,14-15H2,1-2H3,(H,35,39)(H,36,40)/t17-,21+,23-,29+,30-/m1/s1. The molecule has 5 N–H and O–H groups in total. The van der Waals surface area contributed by atoms with E-state index < -0.39 is 53.1 Å². The van der Waals surface area contributed by atoms with Gasteiger partial charge < -0.3 is 25.6 Å². The number of ether oxygens (including phenoxy) is 1. The summed E-state index contributed by atoms with van der Waals surface area (Å²) in [6, 6.07) is 5.21. The van der Waals surface area contributed by atoms with Gasteiger partial charge in [0.25, 0.3) is 0 Å². The van der Waals surface area contributed by atoms with E-state index in [1.165, 1.54) is 12.3 Å². The Hall–Kier alpha value is -2.34. The molecule has 1 aromatic heterocycles. The Morgan fingerprint density at radius 2 is 1.93 bits per heavy atom. The van der Waals surface area contributed by atoms with E-state index in [1.807, 2.05) is 0 Å². The van der Waals surface area contributed by atoms with Gasteiger partial charge in [0.15, 0.2) is 16.8 Å². The van der Waals surface area contributed by atoms with Gasteiger partial charge in [-0.15, -0.1) is 0 Å². The van der Waals surface area contributed by atoms with Crippen molar-refractivity contribution in [3.05, 3.63) is 57.6 Å². The van der Waals surface area contributed by atoms with E-state index >= 15 is 4.39 Å². The number of hydrogen-bond acceptors (Lipinski definition) is 7. The number of aromatic nitrogens is 1. The molecule has 42 heavy (non-hydrogen) atoms. The molecule has 2 aromatic rings. The Morgan fingerprint density at radius 1 is 1.19 bits per heavy atom. The summed E-state index contributed by atoms with van der Waals surface area (Å²) in [7, 11) is 0. The zero-order valence-corrected chi connectivity index (χ0v) is 25.0. The van der Waals surface area contributed by atoms with Crippen molar-refractivity contribution in [3.8, 4) is 0 Å². The molecule has 2 saturated heterocycles. The summed E-state index contributed by atoms with van der Waals surface area (Å²) >= 11 is 12.5. The minimum absolute atomic E-state index is 0.0120. The molecule has 4 aliphatic rings. The van der Waals surface area contributed by atoms with Crippen molar-refractivity contribution < 1.29 is 28.9 Å². The van der Waals surface area contributed by atoms with Crippen molar-refractivity contribution in [3.63, 3.8) is 0 Å². The summed E-state index contributed by atoms with van der Waals surface area (Å²) in [5.74, 6) is -4.16. The maximum Gasteiger partial charge on any atom is 0.238 e. The third kappa shape index (κ3) is 4.53. The number of pyridine rings is 1. The van der Waals surface area contributed by atoms with Crippen LogP contribution in [0.4, 0.5) is 10.1 Å². The van der Waals surface area contributed by atoms with E-state index in [-0.39, 0.29) is 35.1 Å². The summed E-state index contributed by atoms with van der Waals surface area (Å²) in [4.78, 5) is 32.6. The molecule has 0 unspecified atom stereocenters. The Labute approximate surface area is 253 Å². The zero-order valence-electron chi connectivity index (χ0n) is 23.5. The first-order chi connectivity index (χ1) is 19.8. The number of benzene rings is 1. The SMILES string of the molecule is CC1(C)CCC2(CC1)N[C@@H](C(=O)N[C@@H]1CC[C@@](O)(CO)OC1)[C@H](c1ccnc(Cl)c1F)[C@]21C(=O)Nc2cc(Cl)ccc21. The van der Waals surface area contributed by atoms with Crippen molar-refractivity contribution in [2.45, 2.75) is 87.1 Å². The fourth-order valence-electron chi connectivity index (χ4n) is 7.67. The first kappa shape index (κ1) is 29.7. The number of fused-ring (bicyclic) bond motifs is 3. The largest absolute Gasteiger partial charge is 0.391 e. The average Bonchev–Trinajstić information content (AvgIpc) is 3.41. The number of anilines is 1. The third-order valence-electron chi connectivity index (χ3n) is 9.98. The number of aliphatic hydroxyl groups is 2. The van der Waals surface area contributed by atoms with Crippen LogP contribution in [-0.4, -0.2) is 63.6 Å². The van der Waals surface area contributed by atoms with Gasteiger partial charge in [0.1, 0.15) is 5.41 Å². The minimum Gasteiger partial charge on any atom is -0.391 e. The Morgan fingerprint density at radius 3 is 2.60 bits per heavy atom. The van der Waals surface area contributed by atoms with Crippen LogP contribution in [0, 0.1) is 11.2 Å². The van der Waals surface area contributed by atoms with Crippen LogP contribution < -0.4 is 16.0 Å². The lowest BCUT2D eigenvalue weighted by atomic mass is 9.53. The minimum atomic E-state index is -1.65. The number of carbonyl (C=O) groups is 2. The summed E-state index contributed by atoms with van der Waals surface area (Å²) in [6.07, 6.45) is 4.60. The fourth-order valence-corrected chi connectivity index (χ4v) is 8.01. The van der Waals surface area contributed by atoms with Gasteiger partial charge in [-0.3, -0.25) is 14.9 Å². The highest BCUT2D eigenvalue weighted by Crippen LogP contribution is 2.64. The summed E-state index contributed by atoms with van der Waals surface area (Å²) in [6.45, 7) is 3.80. The molecule has 1 saturated carbocycles. The highest BCUT2D eigenvalue weighted by molar-refractivity contribution is 6.31. The third-order valence-corrected chi connectivity index (χ3v) is 10.5. The lowest BCUT2D eigenvalue weighted by molar-refractivity contribution is -0.247. The van der Waals surface area contributed by atoms with Crippen LogP contribution in [0.15, 0.2) is 30.5 Å². The second-order valence-corrected chi connectivity index (χ2v) is 13.8. The quantitative estimate of drug-likeness (QED) is 0.329. The lowest BCUT2D eigenvalue weighted by Gasteiger charge is -2.50. The first-order valence-corrected chi connectivity index (χ1v) is 15.1. The molecule has 3 fully saturated rings. The number of aliphatic hydroxyl groups excluding tert-OH is 1. The number of hydrogen-bond donors (Lipinski definition) is 5. The van der Waals surface area contributed by atoms with E-state index in [0.29, 0.717) is 35.5 Å². The van der Waals surface area contributed by atoms with Crippen molar-refractivity contribution in [1.82, 2.24) is 15.6 Å². The van der Waals surface area contributed by atoms with Crippen LogP contribution in [-0.2, 0) is 19.7 Å². The van der Waals surface area contributed by atoms with Gasteiger partial charge in [0.2, 0.25) is 11.8 Å². The van der Waals surface area contributed by atoms with Crippen LogP contribution in [0.1, 0.15) is 69.4 Å². The topological polar surface area (TPSA) is 133 Å². The maximum atomic E-state index is 16.0. The predicted molar refractivity (Wildman–Crippen MR) is 155 cm³/mol. The van der Waals surface area contributed by atoms with Crippen LogP contribution >= 0.6 is 23.2 Å². The fraction of sp³-hybridized carbons (Fsp3) is 0.567. The molecular weight excluding hydrogens is 586 g/mol. The van der Waals surface area contributed by atoms with E-state index in [2.05, 4.69) is 34.8 Å². The number of halogens is 3. The van der Waals surface area contributed by atoms with Gasteiger partial charge in [-0.1, -0.05) is 43.1 Å². The van der Waals surface area contributed by atoms with Gasteiger partial charge in [-0.05, 0) is 66.8 Å². The molecule has 3 aliphatic heterocycles. The number of nitrogens with one attached hydrogen (secondary N) is 3. The Balaban J connectivity index is 1.50. The summed E-state index contributed by atoms with van der Waals surface area (Å²) in [5.41, 5.74) is -0.912. The molecule has 2 amide bonds. The smallest absolute Gasteiger partial charge is 0.238 e. The number of nitrogens with zero attached hydrogens (tertiary/aromatic N) is 1. The molecule has 5 atom stereocenters. The monoisotopic (exact) mass is 620 g/mol. The predicted octanol–water partition coefficient (Wildman–Crippen LogP) is 3.79. The number of rotatable bonds is 4.